The summed E-state index contributed by atoms with van der Waals surface area (Å²) in [6.07, 6.45) is 3.55. The standard InChI is InChI=1S/C18H18N4O3.ClH/c1-21-8-7-20-16(21)14-11-19-6-9-22(14)17(23)13-10-12-4-2-3-5-15(12)25-18(13)24;/h2-5,7-8,10,14,19H,6,9,11H2,1H3;1H. The van der Waals surface area contributed by atoms with Gasteiger partial charge in [-0.3, -0.25) is 4.79 Å². The second-order valence-corrected chi connectivity index (χ2v) is 6.10. The Morgan fingerprint density at radius 3 is 2.92 bits per heavy atom. The van der Waals surface area contributed by atoms with Gasteiger partial charge in [0.25, 0.3) is 5.91 Å². The van der Waals surface area contributed by atoms with Crippen molar-refractivity contribution < 1.29 is 9.21 Å². The molecule has 1 atom stereocenters. The van der Waals surface area contributed by atoms with Gasteiger partial charge in [-0.15, -0.1) is 12.4 Å². The SMILES string of the molecule is Cl.Cn1ccnc1C1CNCCN1C(=O)c1cc2ccccc2oc1=O. The molecule has 3 heterocycles. The minimum atomic E-state index is -0.610. The third-order valence-corrected chi connectivity index (χ3v) is 4.53. The largest absolute Gasteiger partial charge is 0.422 e. The Labute approximate surface area is 156 Å². The fourth-order valence-corrected chi connectivity index (χ4v) is 3.24. The van der Waals surface area contributed by atoms with Gasteiger partial charge in [-0.1, -0.05) is 18.2 Å². The van der Waals surface area contributed by atoms with E-state index < -0.39 is 5.63 Å². The maximum absolute atomic E-state index is 13.1. The van der Waals surface area contributed by atoms with Gasteiger partial charge < -0.3 is 19.2 Å². The van der Waals surface area contributed by atoms with Gasteiger partial charge in [-0.2, -0.15) is 0 Å². The van der Waals surface area contributed by atoms with Crippen LogP contribution in [-0.2, 0) is 7.05 Å². The molecule has 0 saturated carbocycles. The second kappa shape index (κ2) is 7.31. The summed E-state index contributed by atoms with van der Waals surface area (Å²) in [5, 5.41) is 4.01. The van der Waals surface area contributed by atoms with E-state index in [1.165, 1.54) is 0 Å². The Morgan fingerprint density at radius 2 is 2.15 bits per heavy atom. The lowest BCUT2D eigenvalue weighted by atomic mass is 10.1. The van der Waals surface area contributed by atoms with Gasteiger partial charge in [0.1, 0.15) is 23.0 Å². The number of para-hydroxylation sites is 1. The number of hydrogen-bond acceptors (Lipinski definition) is 5. The maximum Gasteiger partial charge on any atom is 0.349 e. The summed E-state index contributed by atoms with van der Waals surface area (Å²) in [4.78, 5) is 31.5. The summed E-state index contributed by atoms with van der Waals surface area (Å²) in [6, 6.07) is 8.56. The molecule has 1 unspecified atom stereocenters. The number of piperazine rings is 1. The van der Waals surface area contributed by atoms with E-state index in [4.69, 9.17) is 4.42 Å². The third kappa shape index (κ3) is 3.11. The zero-order chi connectivity index (χ0) is 17.4. The van der Waals surface area contributed by atoms with Crippen molar-refractivity contribution in [2.24, 2.45) is 7.05 Å². The average molecular weight is 375 g/mol. The first-order valence-corrected chi connectivity index (χ1v) is 8.17. The van der Waals surface area contributed by atoms with Gasteiger partial charge in [0.15, 0.2) is 0 Å². The molecule has 0 aliphatic carbocycles. The predicted molar refractivity (Wildman–Crippen MR) is 99.6 cm³/mol. The Balaban J connectivity index is 0.00000196. The fraction of sp³-hybridized carbons (Fsp3) is 0.278. The number of carbonyl (C=O) groups excluding carboxylic acids is 1. The first kappa shape index (κ1) is 18.2. The van der Waals surface area contributed by atoms with Crippen molar-refractivity contribution in [1.82, 2.24) is 19.8 Å². The smallest absolute Gasteiger partial charge is 0.349 e. The van der Waals surface area contributed by atoms with Crippen LogP contribution in [0.3, 0.4) is 0 Å². The Morgan fingerprint density at radius 1 is 1.35 bits per heavy atom. The monoisotopic (exact) mass is 374 g/mol. The Bertz CT molecular complexity index is 997. The number of fused-ring (bicyclic) bond motifs is 1. The van der Waals surface area contributed by atoms with Gasteiger partial charge in [0.2, 0.25) is 0 Å². The van der Waals surface area contributed by atoms with Gasteiger partial charge in [0.05, 0.1) is 0 Å². The molecule has 1 aliphatic rings. The normalized spacial score (nSPS) is 17.1. The summed E-state index contributed by atoms with van der Waals surface area (Å²) in [7, 11) is 1.89. The third-order valence-electron chi connectivity index (χ3n) is 4.53. The number of halogens is 1. The van der Waals surface area contributed by atoms with E-state index in [0.29, 0.717) is 25.2 Å². The highest BCUT2D eigenvalue weighted by Crippen LogP contribution is 2.23. The summed E-state index contributed by atoms with van der Waals surface area (Å²) < 4.78 is 7.20. The molecule has 1 saturated heterocycles. The van der Waals surface area contributed by atoms with Crippen LogP contribution in [0.4, 0.5) is 0 Å². The number of amides is 1. The van der Waals surface area contributed by atoms with Crippen LogP contribution in [0.2, 0.25) is 0 Å². The number of rotatable bonds is 2. The molecule has 1 aromatic carbocycles. The van der Waals surface area contributed by atoms with Crippen molar-refractivity contribution >= 4 is 29.3 Å². The van der Waals surface area contributed by atoms with Crippen molar-refractivity contribution in [3.63, 3.8) is 0 Å². The second-order valence-electron chi connectivity index (χ2n) is 6.10. The zero-order valence-electron chi connectivity index (χ0n) is 14.2. The number of aryl methyl sites for hydroxylation is 1. The van der Waals surface area contributed by atoms with E-state index in [1.807, 2.05) is 29.9 Å². The molecule has 1 N–H and O–H groups in total. The molecule has 1 amide bonds. The average Bonchev–Trinajstić information content (AvgIpc) is 3.06. The van der Waals surface area contributed by atoms with Crippen LogP contribution < -0.4 is 10.9 Å². The molecule has 2 aromatic heterocycles. The topological polar surface area (TPSA) is 80.4 Å². The molecule has 1 fully saturated rings. The molecule has 0 bridgehead atoms. The van der Waals surface area contributed by atoms with Crippen LogP contribution >= 0.6 is 12.4 Å². The van der Waals surface area contributed by atoms with Gasteiger partial charge in [-0.25, -0.2) is 9.78 Å². The summed E-state index contributed by atoms with van der Waals surface area (Å²) in [5.74, 6) is 0.458. The lowest BCUT2D eigenvalue weighted by molar-refractivity contribution is 0.0616. The lowest BCUT2D eigenvalue weighted by Gasteiger charge is -2.35. The molecular formula is C18H19ClN4O3. The van der Waals surface area contributed by atoms with Gasteiger partial charge in [-0.05, 0) is 12.1 Å². The van der Waals surface area contributed by atoms with Crippen LogP contribution in [0.1, 0.15) is 22.2 Å². The van der Waals surface area contributed by atoms with E-state index in [2.05, 4.69) is 10.3 Å². The predicted octanol–water partition coefficient (Wildman–Crippen LogP) is 1.74. The minimum absolute atomic E-state index is 0. The number of aromatic nitrogens is 2. The van der Waals surface area contributed by atoms with Crippen molar-refractivity contribution in [2.45, 2.75) is 6.04 Å². The molecule has 0 radical (unpaired) electrons. The number of benzene rings is 1. The molecule has 136 valence electrons. The highest BCUT2D eigenvalue weighted by Gasteiger charge is 2.32. The van der Waals surface area contributed by atoms with Crippen LogP contribution in [-0.4, -0.2) is 40.0 Å². The van der Waals surface area contributed by atoms with Gasteiger partial charge >= 0.3 is 5.63 Å². The van der Waals surface area contributed by atoms with Crippen LogP contribution in [0.25, 0.3) is 11.0 Å². The zero-order valence-corrected chi connectivity index (χ0v) is 15.0. The van der Waals surface area contributed by atoms with E-state index in [0.717, 1.165) is 11.2 Å². The van der Waals surface area contributed by atoms with Crippen molar-refractivity contribution in [3.05, 3.63) is 64.5 Å². The molecule has 8 heteroatoms. The molecule has 4 rings (SSSR count). The first-order chi connectivity index (χ1) is 12.1. The fourth-order valence-electron chi connectivity index (χ4n) is 3.24. The van der Waals surface area contributed by atoms with Crippen molar-refractivity contribution in [2.75, 3.05) is 19.6 Å². The Hall–Kier alpha value is -2.64. The number of imidazole rings is 1. The number of nitrogens with one attached hydrogen (secondary N) is 1. The van der Waals surface area contributed by atoms with Crippen LogP contribution in [0, 0.1) is 0 Å². The van der Waals surface area contributed by atoms with Crippen LogP contribution in [0.15, 0.2) is 51.9 Å². The van der Waals surface area contributed by atoms with E-state index in [-0.39, 0.29) is 29.9 Å². The Kier molecular flexibility index (Phi) is 5.11. The van der Waals surface area contributed by atoms with E-state index in [9.17, 15) is 9.59 Å². The molecule has 0 spiro atoms. The van der Waals surface area contributed by atoms with E-state index in [1.54, 1.807) is 29.3 Å². The van der Waals surface area contributed by atoms with Crippen molar-refractivity contribution in [1.29, 1.82) is 0 Å². The van der Waals surface area contributed by atoms with Gasteiger partial charge in [0, 0.05) is 44.5 Å². The van der Waals surface area contributed by atoms with Crippen LogP contribution in [0.5, 0.6) is 0 Å². The molecular weight excluding hydrogens is 356 g/mol. The number of hydrogen-bond donors (Lipinski definition) is 1. The molecule has 26 heavy (non-hydrogen) atoms. The highest BCUT2D eigenvalue weighted by atomic mass is 35.5. The lowest BCUT2D eigenvalue weighted by Crippen LogP contribution is -2.50. The van der Waals surface area contributed by atoms with E-state index >= 15 is 0 Å². The summed E-state index contributed by atoms with van der Waals surface area (Å²) in [6.45, 7) is 1.77. The molecule has 7 nitrogen and oxygen atoms in total. The summed E-state index contributed by atoms with van der Waals surface area (Å²) >= 11 is 0. The minimum Gasteiger partial charge on any atom is -0.422 e. The highest BCUT2D eigenvalue weighted by molar-refractivity contribution is 5.97. The van der Waals surface area contributed by atoms with Crippen molar-refractivity contribution in [3.8, 4) is 0 Å². The first-order valence-electron chi connectivity index (χ1n) is 8.17. The number of carbonyl (C=O) groups is 1. The quantitative estimate of drug-likeness (QED) is 0.691. The molecule has 3 aromatic rings. The summed E-state index contributed by atoms with van der Waals surface area (Å²) in [5.41, 5.74) is -0.0781. The number of nitrogens with zero attached hydrogens (tertiary/aromatic N) is 3. The maximum atomic E-state index is 13.1. The molecule has 1 aliphatic heterocycles.